The molecule has 0 saturated carbocycles. The number of anilines is 1. The number of fused-ring (bicyclic) bond motifs is 1. The van der Waals surface area contributed by atoms with E-state index in [9.17, 15) is 14.7 Å². The van der Waals surface area contributed by atoms with Gasteiger partial charge in [-0.05, 0) is 36.6 Å². The van der Waals surface area contributed by atoms with Crippen LogP contribution < -0.4 is 5.32 Å². The molecule has 1 fully saturated rings. The normalized spacial score (nSPS) is 23.0. The second-order valence-corrected chi connectivity index (χ2v) is 6.23. The Bertz CT molecular complexity index is 784. The van der Waals surface area contributed by atoms with Crippen LogP contribution in [0, 0.1) is 0 Å². The number of carbonyl (C=O) groups excluding carboxylic acids is 1. The summed E-state index contributed by atoms with van der Waals surface area (Å²) in [6.07, 6.45) is 3.67. The standard InChI is InChI=1S/C18H18N2O4/c21-16-7-2-8-20(16)14-10-13(15-6-3-9-24-15)19-17-11(14)4-1-5-12(17)18(22)23/h1,3-6,9,13-14,19H,2,7-8,10H2,(H,22,23)/t13-,14-/m0/s1. The van der Waals surface area contributed by atoms with Gasteiger partial charge in [0.2, 0.25) is 5.91 Å². The third-order valence-electron chi connectivity index (χ3n) is 4.84. The lowest BCUT2D eigenvalue weighted by molar-refractivity contribution is -0.130. The molecule has 1 saturated heterocycles. The van der Waals surface area contributed by atoms with Gasteiger partial charge < -0.3 is 19.7 Å². The maximum atomic E-state index is 12.3. The number of hydrogen-bond acceptors (Lipinski definition) is 4. The molecule has 1 aromatic heterocycles. The van der Waals surface area contributed by atoms with E-state index < -0.39 is 5.97 Å². The molecule has 2 aromatic rings. The van der Waals surface area contributed by atoms with Gasteiger partial charge in [-0.15, -0.1) is 0 Å². The summed E-state index contributed by atoms with van der Waals surface area (Å²) in [7, 11) is 0. The fourth-order valence-electron chi connectivity index (χ4n) is 3.74. The van der Waals surface area contributed by atoms with E-state index in [1.165, 1.54) is 0 Å². The molecule has 2 atom stereocenters. The van der Waals surface area contributed by atoms with Crippen molar-refractivity contribution in [3.8, 4) is 0 Å². The molecule has 0 unspecified atom stereocenters. The highest BCUT2D eigenvalue weighted by atomic mass is 16.4. The van der Waals surface area contributed by atoms with Crippen LogP contribution in [0.25, 0.3) is 0 Å². The Hall–Kier alpha value is -2.76. The highest BCUT2D eigenvalue weighted by Crippen LogP contribution is 2.44. The van der Waals surface area contributed by atoms with Crippen molar-refractivity contribution >= 4 is 17.6 Å². The van der Waals surface area contributed by atoms with Crippen molar-refractivity contribution in [1.29, 1.82) is 0 Å². The zero-order chi connectivity index (χ0) is 16.7. The second kappa shape index (κ2) is 5.70. The number of furan rings is 1. The summed E-state index contributed by atoms with van der Waals surface area (Å²) in [5.74, 6) is -0.102. The first-order valence-corrected chi connectivity index (χ1v) is 8.11. The molecule has 1 aromatic carbocycles. The molecule has 6 heteroatoms. The van der Waals surface area contributed by atoms with Crippen LogP contribution in [0.15, 0.2) is 41.0 Å². The summed E-state index contributed by atoms with van der Waals surface area (Å²) >= 11 is 0. The Labute approximate surface area is 139 Å². The number of para-hydroxylation sites is 1. The Kier molecular flexibility index (Phi) is 3.52. The Morgan fingerprint density at radius 3 is 2.83 bits per heavy atom. The number of carboxylic acids is 1. The number of amides is 1. The number of carboxylic acid groups (broad SMARTS) is 1. The average molecular weight is 326 g/mol. The molecule has 0 bridgehead atoms. The predicted molar refractivity (Wildman–Crippen MR) is 86.8 cm³/mol. The summed E-state index contributed by atoms with van der Waals surface area (Å²) in [6.45, 7) is 0.713. The lowest BCUT2D eigenvalue weighted by Crippen LogP contribution is -2.35. The third-order valence-corrected chi connectivity index (χ3v) is 4.84. The van der Waals surface area contributed by atoms with Crippen molar-refractivity contribution in [2.75, 3.05) is 11.9 Å². The van der Waals surface area contributed by atoms with Crippen LogP contribution >= 0.6 is 0 Å². The molecular formula is C18H18N2O4. The number of likely N-dealkylation sites (tertiary alicyclic amines) is 1. The molecule has 4 rings (SSSR count). The van der Waals surface area contributed by atoms with E-state index >= 15 is 0 Å². The molecule has 0 aliphatic carbocycles. The summed E-state index contributed by atoms with van der Waals surface area (Å²) in [5.41, 5.74) is 1.68. The summed E-state index contributed by atoms with van der Waals surface area (Å²) in [5, 5.41) is 12.8. The van der Waals surface area contributed by atoms with Gasteiger partial charge in [0.15, 0.2) is 0 Å². The molecular weight excluding hydrogens is 308 g/mol. The van der Waals surface area contributed by atoms with Crippen LogP contribution in [0.2, 0.25) is 0 Å². The van der Waals surface area contributed by atoms with Gasteiger partial charge in [0, 0.05) is 13.0 Å². The van der Waals surface area contributed by atoms with Crippen molar-refractivity contribution in [3.63, 3.8) is 0 Å². The summed E-state index contributed by atoms with van der Waals surface area (Å²) < 4.78 is 5.51. The van der Waals surface area contributed by atoms with E-state index in [0.717, 1.165) is 17.7 Å². The van der Waals surface area contributed by atoms with E-state index in [-0.39, 0.29) is 23.6 Å². The van der Waals surface area contributed by atoms with Crippen LogP contribution in [-0.4, -0.2) is 28.4 Å². The highest BCUT2D eigenvalue weighted by molar-refractivity contribution is 5.95. The van der Waals surface area contributed by atoms with Crippen LogP contribution in [0.1, 0.15) is 53.0 Å². The van der Waals surface area contributed by atoms with Gasteiger partial charge in [-0.1, -0.05) is 12.1 Å². The minimum absolute atomic E-state index is 0.131. The van der Waals surface area contributed by atoms with Crippen LogP contribution in [0.5, 0.6) is 0 Å². The molecule has 3 heterocycles. The van der Waals surface area contributed by atoms with Crippen LogP contribution in [0.3, 0.4) is 0 Å². The Morgan fingerprint density at radius 2 is 2.17 bits per heavy atom. The lowest BCUT2D eigenvalue weighted by Gasteiger charge is -2.38. The maximum Gasteiger partial charge on any atom is 0.337 e. The zero-order valence-corrected chi connectivity index (χ0v) is 13.1. The number of rotatable bonds is 3. The van der Waals surface area contributed by atoms with Gasteiger partial charge in [-0.2, -0.15) is 0 Å². The fourth-order valence-corrected chi connectivity index (χ4v) is 3.74. The monoisotopic (exact) mass is 326 g/mol. The first-order chi connectivity index (χ1) is 11.6. The van der Waals surface area contributed by atoms with Gasteiger partial charge in [-0.3, -0.25) is 4.79 Å². The van der Waals surface area contributed by atoms with Crippen LogP contribution in [0.4, 0.5) is 5.69 Å². The first kappa shape index (κ1) is 14.8. The minimum atomic E-state index is -0.981. The third kappa shape index (κ3) is 2.35. The van der Waals surface area contributed by atoms with Crippen molar-refractivity contribution in [2.24, 2.45) is 0 Å². The summed E-state index contributed by atoms with van der Waals surface area (Å²) in [6, 6.07) is 8.62. The van der Waals surface area contributed by atoms with E-state index in [2.05, 4.69) is 5.32 Å². The fraction of sp³-hybridized carbons (Fsp3) is 0.333. The number of hydrogen-bond donors (Lipinski definition) is 2. The topological polar surface area (TPSA) is 82.8 Å². The van der Waals surface area contributed by atoms with Crippen molar-refractivity contribution < 1.29 is 19.1 Å². The van der Waals surface area contributed by atoms with E-state index in [1.54, 1.807) is 18.4 Å². The SMILES string of the molecule is O=C(O)c1cccc2c1N[C@H](c1ccco1)C[C@@H]2N1CCCC1=O. The number of nitrogens with one attached hydrogen (secondary N) is 1. The largest absolute Gasteiger partial charge is 0.478 e. The average Bonchev–Trinajstić information content (AvgIpc) is 3.24. The van der Waals surface area contributed by atoms with Gasteiger partial charge in [-0.25, -0.2) is 4.79 Å². The van der Waals surface area contributed by atoms with E-state index in [0.29, 0.717) is 25.1 Å². The number of nitrogens with zero attached hydrogens (tertiary/aromatic N) is 1. The molecule has 2 aliphatic heterocycles. The summed E-state index contributed by atoms with van der Waals surface area (Å²) in [4.78, 5) is 25.8. The lowest BCUT2D eigenvalue weighted by atomic mass is 9.88. The van der Waals surface area contributed by atoms with Crippen molar-refractivity contribution in [3.05, 3.63) is 53.5 Å². The number of benzene rings is 1. The zero-order valence-electron chi connectivity index (χ0n) is 13.1. The molecule has 24 heavy (non-hydrogen) atoms. The maximum absolute atomic E-state index is 12.3. The Morgan fingerprint density at radius 1 is 1.29 bits per heavy atom. The Balaban J connectivity index is 1.81. The van der Waals surface area contributed by atoms with Crippen molar-refractivity contribution in [1.82, 2.24) is 4.90 Å². The smallest absolute Gasteiger partial charge is 0.337 e. The minimum Gasteiger partial charge on any atom is -0.478 e. The molecule has 0 spiro atoms. The number of aromatic carboxylic acids is 1. The van der Waals surface area contributed by atoms with Gasteiger partial charge in [0.1, 0.15) is 5.76 Å². The van der Waals surface area contributed by atoms with Crippen LogP contribution in [-0.2, 0) is 4.79 Å². The molecule has 6 nitrogen and oxygen atoms in total. The van der Waals surface area contributed by atoms with E-state index in [1.807, 2.05) is 23.1 Å². The van der Waals surface area contributed by atoms with E-state index in [4.69, 9.17) is 4.42 Å². The highest BCUT2D eigenvalue weighted by Gasteiger charge is 2.37. The molecule has 1 amide bonds. The van der Waals surface area contributed by atoms with Crippen molar-refractivity contribution in [2.45, 2.75) is 31.3 Å². The second-order valence-electron chi connectivity index (χ2n) is 6.23. The van der Waals surface area contributed by atoms with Gasteiger partial charge >= 0.3 is 5.97 Å². The first-order valence-electron chi connectivity index (χ1n) is 8.11. The predicted octanol–water partition coefficient (Wildman–Crippen LogP) is 3.20. The molecule has 2 aliphatic rings. The number of carbonyl (C=O) groups is 2. The molecule has 124 valence electrons. The quantitative estimate of drug-likeness (QED) is 0.905. The molecule has 0 radical (unpaired) electrons. The van der Waals surface area contributed by atoms with Gasteiger partial charge in [0.05, 0.1) is 29.6 Å². The van der Waals surface area contributed by atoms with Gasteiger partial charge in [0.25, 0.3) is 0 Å². The molecule has 2 N–H and O–H groups in total.